The normalized spacial score (nSPS) is 20.8. The highest BCUT2D eigenvalue weighted by Crippen LogP contribution is 2.36. The summed E-state index contributed by atoms with van der Waals surface area (Å²) in [7, 11) is 1.36. The average molecular weight is 483 g/mol. The molecule has 0 radical (unpaired) electrons. The molecule has 0 unspecified atom stereocenters. The molecule has 5 rings (SSSR count). The number of amides is 1. The van der Waals surface area contributed by atoms with Crippen molar-refractivity contribution in [2.45, 2.75) is 44.9 Å². The molecule has 2 aromatic rings. The van der Waals surface area contributed by atoms with Gasteiger partial charge in [-0.25, -0.2) is 4.79 Å². The minimum atomic E-state index is -0.488. The molecule has 3 heterocycles. The number of H-pyrrole nitrogens is 1. The number of rotatable bonds is 6. The van der Waals surface area contributed by atoms with Gasteiger partial charge in [-0.05, 0) is 56.0 Å². The zero-order valence-electron chi connectivity index (χ0n) is 20.8. The molecule has 0 atom stereocenters. The van der Waals surface area contributed by atoms with Crippen molar-refractivity contribution in [1.82, 2.24) is 9.88 Å². The third-order valence-electron chi connectivity index (χ3n) is 8.13. The molecular weight excluding hydrogens is 444 g/mol. The monoisotopic (exact) mass is 482 g/mol. The number of carbonyl (C=O) groups excluding carboxylic acids is 2. The van der Waals surface area contributed by atoms with Crippen molar-refractivity contribution in [3.05, 3.63) is 23.9 Å². The number of ether oxygens (including phenoxy) is 2. The minimum Gasteiger partial charge on any atom is -0.464 e. The lowest BCUT2D eigenvalue weighted by Crippen LogP contribution is -2.41. The second-order valence-electron chi connectivity index (χ2n) is 10.3. The lowest BCUT2D eigenvalue weighted by atomic mass is 9.76. The number of hydrogen-bond acceptors (Lipinski definition) is 6. The van der Waals surface area contributed by atoms with E-state index in [-0.39, 0.29) is 11.6 Å². The van der Waals surface area contributed by atoms with Crippen LogP contribution in [0.5, 0.6) is 0 Å². The van der Waals surface area contributed by atoms with Crippen molar-refractivity contribution in [3.63, 3.8) is 0 Å². The Hall–Kier alpha value is -2.58. The van der Waals surface area contributed by atoms with Gasteiger partial charge in [0.25, 0.3) is 0 Å². The molecule has 190 valence electrons. The summed E-state index contributed by atoms with van der Waals surface area (Å²) in [5.41, 5.74) is 2.64. The summed E-state index contributed by atoms with van der Waals surface area (Å²) in [6.45, 7) is 5.30. The van der Waals surface area contributed by atoms with E-state index in [1.807, 2.05) is 18.2 Å². The lowest BCUT2D eigenvalue weighted by molar-refractivity contribution is -0.117. The molecule has 2 saturated heterocycles. The van der Waals surface area contributed by atoms with Crippen molar-refractivity contribution >= 4 is 34.2 Å². The second-order valence-corrected chi connectivity index (χ2v) is 10.3. The van der Waals surface area contributed by atoms with E-state index < -0.39 is 5.97 Å². The average Bonchev–Trinajstić information content (AvgIpc) is 3.27. The number of aromatic nitrogens is 1. The van der Waals surface area contributed by atoms with Gasteiger partial charge in [0.2, 0.25) is 5.91 Å². The second kappa shape index (κ2) is 11.0. The van der Waals surface area contributed by atoms with Crippen LogP contribution < -0.4 is 10.2 Å². The molecule has 2 aliphatic heterocycles. The summed E-state index contributed by atoms with van der Waals surface area (Å²) < 4.78 is 10.5. The fourth-order valence-electron chi connectivity index (χ4n) is 6.15. The van der Waals surface area contributed by atoms with Crippen LogP contribution in [0.1, 0.15) is 55.4 Å². The Morgan fingerprint density at radius 1 is 1.03 bits per heavy atom. The van der Waals surface area contributed by atoms with Crippen LogP contribution in [0.15, 0.2) is 18.2 Å². The van der Waals surface area contributed by atoms with Gasteiger partial charge in [0, 0.05) is 29.7 Å². The molecule has 8 nitrogen and oxygen atoms in total. The van der Waals surface area contributed by atoms with E-state index in [0.717, 1.165) is 54.6 Å². The Morgan fingerprint density at radius 2 is 1.74 bits per heavy atom. The maximum atomic E-state index is 13.1. The fraction of sp³-hybridized carbons (Fsp3) is 0.630. The topological polar surface area (TPSA) is 86.9 Å². The number of aromatic amines is 1. The molecule has 1 aliphatic carbocycles. The van der Waals surface area contributed by atoms with Crippen LogP contribution in [0.4, 0.5) is 11.4 Å². The summed E-state index contributed by atoms with van der Waals surface area (Å²) in [6, 6.07) is 6.03. The summed E-state index contributed by atoms with van der Waals surface area (Å²) in [6.07, 6.45) is 9.29. The predicted molar refractivity (Wildman–Crippen MR) is 137 cm³/mol. The van der Waals surface area contributed by atoms with Crippen molar-refractivity contribution in [3.8, 4) is 0 Å². The molecule has 2 N–H and O–H groups in total. The number of esters is 1. The summed E-state index contributed by atoms with van der Waals surface area (Å²) in [4.78, 5) is 33.3. The van der Waals surface area contributed by atoms with E-state index in [4.69, 9.17) is 9.47 Å². The van der Waals surface area contributed by atoms with Crippen LogP contribution in [-0.4, -0.2) is 74.8 Å². The number of hydrogen-bond donors (Lipinski definition) is 2. The van der Waals surface area contributed by atoms with Gasteiger partial charge >= 0.3 is 5.97 Å². The van der Waals surface area contributed by atoms with Crippen LogP contribution in [-0.2, 0) is 14.3 Å². The smallest absolute Gasteiger partial charge is 0.356 e. The van der Waals surface area contributed by atoms with E-state index in [9.17, 15) is 9.59 Å². The van der Waals surface area contributed by atoms with E-state index in [2.05, 4.69) is 20.1 Å². The fourth-order valence-corrected chi connectivity index (χ4v) is 6.15. The van der Waals surface area contributed by atoms with E-state index in [0.29, 0.717) is 25.4 Å². The van der Waals surface area contributed by atoms with Crippen molar-refractivity contribution in [2.24, 2.45) is 11.8 Å². The Morgan fingerprint density at radius 3 is 2.46 bits per heavy atom. The first kappa shape index (κ1) is 24.1. The SMILES string of the molecule is COC(=O)c1[nH]c2ccc(N3CCOCC3)cc2c1NC(=O)CN1CCC(C2CCCCC2)CC1. The van der Waals surface area contributed by atoms with Gasteiger partial charge in [0.1, 0.15) is 5.69 Å². The molecule has 0 bridgehead atoms. The van der Waals surface area contributed by atoms with Crippen molar-refractivity contribution < 1.29 is 19.1 Å². The molecule has 35 heavy (non-hydrogen) atoms. The van der Waals surface area contributed by atoms with Gasteiger partial charge in [-0.3, -0.25) is 9.69 Å². The van der Waals surface area contributed by atoms with Crippen LogP contribution in [0.2, 0.25) is 0 Å². The van der Waals surface area contributed by atoms with Crippen LogP contribution in [0.3, 0.4) is 0 Å². The Labute approximate surface area is 207 Å². The highest BCUT2D eigenvalue weighted by Gasteiger charge is 2.29. The quantitative estimate of drug-likeness (QED) is 0.605. The maximum Gasteiger partial charge on any atom is 0.356 e. The Balaban J connectivity index is 1.28. The van der Waals surface area contributed by atoms with Crippen LogP contribution in [0, 0.1) is 11.8 Å². The lowest BCUT2D eigenvalue weighted by Gasteiger charge is -2.37. The third-order valence-corrected chi connectivity index (χ3v) is 8.13. The molecule has 1 aromatic carbocycles. The van der Waals surface area contributed by atoms with Gasteiger partial charge < -0.3 is 24.7 Å². The number of nitrogens with one attached hydrogen (secondary N) is 2. The minimum absolute atomic E-state index is 0.0936. The number of likely N-dealkylation sites (tertiary alicyclic amines) is 1. The van der Waals surface area contributed by atoms with Crippen LogP contribution in [0.25, 0.3) is 10.9 Å². The third kappa shape index (κ3) is 5.48. The molecule has 1 amide bonds. The molecule has 1 saturated carbocycles. The number of benzene rings is 1. The van der Waals surface area contributed by atoms with E-state index in [1.54, 1.807) is 0 Å². The van der Waals surface area contributed by atoms with Crippen LogP contribution >= 0.6 is 0 Å². The Bertz CT molecular complexity index is 1030. The molecule has 3 aliphatic rings. The first-order chi connectivity index (χ1) is 17.1. The number of morpholine rings is 1. The number of fused-ring (bicyclic) bond motifs is 1. The highest BCUT2D eigenvalue weighted by atomic mass is 16.5. The highest BCUT2D eigenvalue weighted by molar-refractivity contribution is 6.11. The van der Waals surface area contributed by atoms with Crippen molar-refractivity contribution in [2.75, 3.05) is 63.3 Å². The first-order valence-electron chi connectivity index (χ1n) is 13.2. The molecular formula is C27H38N4O4. The largest absolute Gasteiger partial charge is 0.464 e. The van der Waals surface area contributed by atoms with Gasteiger partial charge in [0.15, 0.2) is 0 Å². The van der Waals surface area contributed by atoms with Gasteiger partial charge in [0.05, 0.1) is 32.6 Å². The number of anilines is 2. The predicted octanol–water partition coefficient (Wildman–Crippen LogP) is 4.02. The Kier molecular flexibility index (Phi) is 7.58. The standard InChI is InChI=1S/C27H38N4O4/c1-34-27(33)26-25(22-17-21(7-8-23(22)28-26)31-13-15-35-16-14-31)29-24(32)18-30-11-9-20(10-12-30)19-5-3-2-4-6-19/h7-8,17,19-20,28H,2-6,9-16,18H2,1H3,(H,29,32). The van der Waals surface area contributed by atoms with E-state index >= 15 is 0 Å². The molecule has 0 spiro atoms. The number of methoxy groups -OCH3 is 1. The van der Waals surface area contributed by atoms with E-state index in [1.165, 1.54) is 52.1 Å². The number of carbonyl (C=O) groups is 2. The molecule has 3 fully saturated rings. The summed E-state index contributed by atoms with van der Waals surface area (Å²) in [5, 5.41) is 3.86. The van der Waals surface area contributed by atoms with Gasteiger partial charge in [-0.2, -0.15) is 0 Å². The zero-order valence-corrected chi connectivity index (χ0v) is 20.8. The maximum absolute atomic E-state index is 13.1. The number of piperidine rings is 1. The molecule has 1 aromatic heterocycles. The molecule has 8 heteroatoms. The first-order valence-corrected chi connectivity index (χ1v) is 13.2. The van der Waals surface area contributed by atoms with Crippen molar-refractivity contribution in [1.29, 1.82) is 0 Å². The summed E-state index contributed by atoms with van der Waals surface area (Å²) >= 11 is 0. The summed E-state index contributed by atoms with van der Waals surface area (Å²) in [5.74, 6) is 1.11. The van der Waals surface area contributed by atoms with Gasteiger partial charge in [-0.15, -0.1) is 0 Å². The number of nitrogens with zero attached hydrogens (tertiary/aromatic N) is 2. The zero-order chi connectivity index (χ0) is 24.2. The van der Waals surface area contributed by atoms with Gasteiger partial charge in [-0.1, -0.05) is 32.1 Å².